The first-order valence-electron chi connectivity index (χ1n) is 6.45. The highest BCUT2D eigenvalue weighted by atomic mass is 35.5. The second kappa shape index (κ2) is 5.31. The van der Waals surface area contributed by atoms with Gasteiger partial charge in [-0.25, -0.2) is 8.42 Å². The van der Waals surface area contributed by atoms with E-state index in [0.29, 0.717) is 46.9 Å². The molecule has 2 aromatic rings. The zero-order valence-corrected chi connectivity index (χ0v) is 12.3. The molecule has 6 heteroatoms. The summed E-state index contributed by atoms with van der Waals surface area (Å²) in [5.41, 5.74) is 0.698. The van der Waals surface area contributed by atoms with Gasteiger partial charge >= 0.3 is 0 Å². The fourth-order valence-electron chi connectivity index (χ4n) is 2.45. The lowest BCUT2D eigenvalue weighted by Gasteiger charge is -2.22. The van der Waals surface area contributed by atoms with Gasteiger partial charge in [-0.05, 0) is 37.1 Å². The van der Waals surface area contributed by atoms with Crippen LogP contribution in [0, 0.1) is 0 Å². The zero-order chi connectivity index (χ0) is 14.2. The normalized spacial score (nSPS) is 17.4. The van der Waals surface area contributed by atoms with Gasteiger partial charge in [0.2, 0.25) is 0 Å². The van der Waals surface area contributed by atoms with Crippen LogP contribution in [0.5, 0.6) is 0 Å². The zero-order valence-electron chi connectivity index (χ0n) is 10.8. The minimum atomic E-state index is -3.34. The summed E-state index contributed by atoms with van der Waals surface area (Å²) in [6.45, 7) is 1.000. The number of pyridine rings is 1. The highest BCUT2D eigenvalue weighted by Crippen LogP contribution is 2.28. The minimum absolute atomic E-state index is 0.312. The lowest BCUT2D eigenvalue weighted by molar-refractivity contribution is 0.0983. The molecular weight excluding hydrogens is 298 g/mol. The third-order valence-electron chi connectivity index (χ3n) is 3.60. The van der Waals surface area contributed by atoms with E-state index < -0.39 is 9.84 Å². The molecule has 1 aromatic heterocycles. The Morgan fingerprint density at radius 2 is 1.95 bits per heavy atom. The van der Waals surface area contributed by atoms with Crippen LogP contribution in [0.3, 0.4) is 0 Å². The van der Waals surface area contributed by atoms with E-state index >= 15 is 0 Å². The Bertz CT molecular complexity index is 739. The molecule has 0 bridgehead atoms. The number of fused-ring (bicyclic) bond motifs is 1. The second-order valence-electron chi connectivity index (χ2n) is 4.83. The van der Waals surface area contributed by atoms with Crippen molar-refractivity contribution in [3.8, 4) is 0 Å². The van der Waals surface area contributed by atoms with Crippen molar-refractivity contribution in [3.05, 3.63) is 35.5 Å². The molecule has 0 N–H and O–H groups in total. The average molecular weight is 312 g/mol. The Morgan fingerprint density at radius 3 is 2.70 bits per heavy atom. The molecule has 0 aliphatic carbocycles. The van der Waals surface area contributed by atoms with Crippen molar-refractivity contribution >= 4 is 32.3 Å². The topological polar surface area (TPSA) is 56.3 Å². The maximum atomic E-state index is 12.6. The summed E-state index contributed by atoms with van der Waals surface area (Å²) < 4.78 is 30.5. The molecule has 106 valence electrons. The van der Waals surface area contributed by atoms with Gasteiger partial charge < -0.3 is 4.74 Å². The second-order valence-corrected chi connectivity index (χ2v) is 7.46. The van der Waals surface area contributed by atoms with Gasteiger partial charge in [0.15, 0.2) is 9.84 Å². The van der Waals surface area contributed by atoms with Gasteiger partial charge in [0.05, 0.1) is 20.7 Å². The van der Waals surface area contributed by atoms with Crippen molar-refractivity contribution in [2.75, 3.05) is 13.2 Å². The number of rotatable bonds is 2. The molecule has 0 unspecified atom stereocenters. The van der Waals surface area contributed by atoms with Crippen LogP contribution in [0.1, 0.15) is 12.8 Å². The molecule has 1 saturated heterocycles. The Balaban J connectivity index is 2.07. The first-order valence-corrected chi connectivity index (χ1v) is 8.37. The van der Waals surface area contributed by atoms with E-state index in [1.165, 1.54) is 0 Å². The molecule has 0 radical (unpaired) electrons. The van der Waals surface area contributed by atoms with Crippen molar-refractivity contribution in [1.82, 2.24) is 4.98 Å². The van der Waals surface area contributed by atoms with Gasteiger partial charge in [0, 0.05) is 24.8 Å². The summed E-state index contributed by atoms with van der Waals surface area (Å²) in [5.74, 6) is 0. The number of hydrogen-bond donors (Lipinski definition) is 0. The SMILES string of the molecule is O=S(=O)(c1ccc2nccc(Cl)c2c1)C1CCOCC1. The molecular formula is C14H14ClNO3S. The summed E-state index contributed by atoms with van der Waals surface area (Å²) in [6, 6.07) is 6.59. The van der Waals surface area contributed by atoms with Crippen molar-refractivity contribution in [2.45, 2.75) is 23.0 Å². The number of benzene rings is 1. The van der Waals surface area contributed by atoms with E-state index in [1.54, 1.807) is 30.5 Å². The van der Waals surface area contributed by atoms with Crippen LogP contribution < -0.4 is 0 Å². The first kappa shape index (κ1) is 13.8. The molecule has 2 heterocycles. The van der Waals surface area contributed by atoms with Crippen LogP contribution in [0.15, 0.2) is 35.4 Å². The largest absolute Gasteiger partial charge is 0.381 e. The molecule has 1 aliphatic rings. The predicted octanol–water partition coefficient (Wildman–Crippen LogP) is 2.84. The van der Waals surface area contributed by atoms with Gasteiger partial charge in [0.25, 0.3) is 0 Å². The number of aromatic nitrogens is 1. The summed E-state index contributed by atoms with van der Waals surface area (Å²) in [5, 5.41) is 0.811. The molecule has 1 fully saturated rings. The maximum Gasteiger partial charge on any atom is 0.181 e. The molecule has 1 aliphatic heterocycles. The number of halogens is 1. The van der Waals surface area contributed by atoms with Crippen LogP contribution in [0.4, 0.5) is 0 Å². The highest BCUT2D eigenvalue weighted by Gasteiger charge is 2.29. The number of nitrogens with zero attached hydrogens (tertiary/aromatic N) is 1. The van der Waals surface area contributed by atoms with Crippen LogP contribution in [0.25, 0.3) is 10.9 Å². The molecule has 3 rings (SSSR count). The summed E-state index contributed by atoms with van der Waals surface area (Å²) in [6.07, 6.45) is 2.69. The first-order chi connectivity index (χ1) is 9.59. The fraction of sp³-hybridized carbons (Fsp3) is 0.357. The fourth-order valence-corrected chi connectivity index (χ4v) is 4.39. The van der Waals surface area contributed by atoms with Crippen LogP contribution in [-0.4, -0.2) is 31.9 Å². The summed E-state index contributed by atoms with van der Waals surface area (Å²) in [4.78, 5) is 4.49. The molecule has 4 nitrogen and oxygen atoms in total. The van der Waals surface area contributed by atoms with Gasteiger partial charge in [-0.2, -0.15) is 0 Å². The lowest BCUT2D eigenvalue weighted by atomic mass is 10.2. The predicted molar refractivity (Wildman–Crippen MR) is 77.8 cm³/mol. The van der Waals surface area contributed by atoms with E-state index in [-0.39, 0.29) is 5.25 Å². The maximum absolute atomic E-state index is 12.6. The molecule has 1 aromatic carbocycles. The van der Waals surface area contributed by atoms with Crippen LogP contribution in [-0.2, 0) is 14.6 Å². The standard InChI is InChI=1S/C14H14ClNO3S/c15-13-3-6-16-14-2-1-11(9-12(13)14)20(17,18)10-4-7-19-8-5-10/h1-3,6,9-10H,4-5,7-8H2. The lowest BCUT2D eigenvalue weighted by Crippen LogP contribution is -2.28. The van der Waals surface area contributed by atoms with Crippen molar-refractivity contribution < 1.29 is 13.2 Å². The van der Waals surface area contributed by atoms with Crippen LogP contribution >= 0.6 is 11.6 Å². The molecule has 0 atom stereocenters. The van der Waals surface area contributed by atoms with E-state index in [1.807, 2.05) is 0 Å². The van der Waals surface area contributed by atoms with Gasteiger partial charge in [-0.1, -0.05) is 11.6 Å². The van der Waals surface area contributed by atoms with E-state index in [9.17, 15) is 8.42 Å². The Labute approximate surface area is 122 Å². The Hall–Kier alpha value is -1.17. The summed E-state index contributed by atoms with van der Waals surface area (Å²) in [7, 11) is -3.34. The van der Waals surface area contributed by atoms with Gasteiger partial charge in [0.1, 0.15) is 0 Å². The van der Waals surface area contributed by atoms with E-state index in [2.05, 4.69) is 4.98 Å². The van der Waals surface area contributed by atoms with E-state index in [4.69, 9.17) is 16.3 Å². The average Bonchev–Trinajstić information content (AvgIpc) is 2.48. The van der Waals surface area contributed by atoms with Crippen molar-refractivity contribution in [1.29, 1.82) is 0 Å². The number of hydrogen-bond acceptors (Lipinski definition) is 4. The molecule has 20 heavy (non-hydrogen) atoms. The Kier molecular flexibility index (Phi) is 3.67. The minimum Gasteiger partial charge on any atom is -0.381 e. The summed E-state index contributed by atoms with van der Waals surface area (Å²) >= 11 is 6.11. The van der Waals surface area contributed by atoms with Gasteiger partial charge in [-0.15, -0.1) is 0 Å². The monoisotopic (exact) mass is 311 g/mol. The molecule has 0 spiro atoms. The number of sulfone groups is 1. The van der Waals surface area contributed by atoms with Crippen LogP contribution in [0.2, 0.25) is 5.02 Å². The highest BCUT2D eigenvalue weighted by molar-refractivity contribution is 7.92. The Morgan fingerprint density at radius 1 is 1.20 bits per heavy atom. The quantitative estimate of drug-likeness (QED) is 0.855. The smallest absolute Gasteiger partial charge is 0.181 e. The van der Waals surface area contributed by atoms with Crippen molar-refractivity contribution in [2.24, 2.45) is 0 Å². The third-order valence-corrected chi connectivity index (χ3v) is 6.19. The van der Waals surface area contributed by atoms with Gasteiger partial charge in [-0.3, -0.25) is 4.98 Å². The third kappa shape index (κ3) is 2.41. The number of ether oxygens (including phenoxy) is 1. The molecule has 0 saturated carbocycles. The molecule has 0 amide bonds. The van der Waals surface area contributed by atoms with Crippen molar-refractivity contribution in [3.63, 3.8) is 0 Å². The van der Waals surface area contributed by atoms with E-state index in [0.717, 1.165) is 0 Å².